The van der Waals surface area contributed by atoms with Gasteiger partial charge in [0.2, 0.25) is 0 Å². The highest BCUT2D eigenvalue weighted by Crippen LogP contribution is 2.19. The van der Waals surface area contributed by atoms with Crippen LogP contribution in [0.1, 0.15) is 97.8 Å². The molecule has 0 amide bonds. The van der Waals surface area contributed by atoms with Crippen LogP contribution < -0.4 is 0 Å². The van der Waals surface area contributed by atoms with E-state index in [1.54, 1.807) is 0 Å². The van der Waals surface area contributed by atoms with Gasteiger partial charge in [0.05, 0.1) is 6.10 Å². The van der Waals surface area contributed by atoms with E-state index < -0.39 is 8.56 Å². The van der Waals surface area contributed by atoms with Crippen molar-refractivity contribution in [3.63, 3.8) is 0 Å². The van der Waals surface area contributed by atoms with E-state index in [1.807, 2.05) is 6.92 Å². The zero-order valence-electron chi connectivity index (χ0n) is 19.1. The molecule has 0 saturated heterocycles. The Hall–Kier alpha value is -0.653. The number of esters is 1. The predicted octanol–water partition coefficient (Wildman–Crippen LogP) is 6.93. The minimum atomic E-state index is -1.89. The van der Waals surface area contributed by atoms with Crippen molar-refractivity contribution in [2.24, 2.45) is 0 Å². The lowest BCUT2D eigenvalue weighted by Gasteiger charge is -2.25. The van der Waals surface area contributed by atoms with Crippen molar-refractivity contribution >= 4 is 14.5 Å². The van der Waals surface area contributed by atoms with Crippen LogP contribution in [0.2, 0.25) is 12.6 Å². The largest absolute Gasteiger partial charge is 0.460 e. The first-order chi connectivity index (χ1) is 13.5. The van der Waals surface area contributed by atoms with Crippen LogP contribution in [0.25, 0.3) is 0 Å². The standard InChI is InChI=1S/C23H46O4Si/c1-6-23(24)27-22(4)20-18-16-14-12-10-9-11-13-15-17-19-21-28(5,25-7-2)26-8-3/h6,22H,1,7-21H2,2-5H3. The fraction of sp³-hybridized carbons (Fsp3) is 0.870. The summed E-state index contributed by atoms with van der Waals surface area (Å²) in [7, 11) is -1.89. The molecule has 5 heteroatoms. The molecule has 0 saturated carbocycles. The molecule has 28 heavy (non-hydrogen) atoms. The Bertz CT molecular complexity index is 381. The molecule has 1 unspecified atom stereocenters. The lowest BCUT2D eigenvalue weighted by atomic mass is 10.0. The van der Waals surface area contributed by atoms with E-state index in [1.165, 1.54) is 70.3 Å². The first-order valence-corrected chi connectivity index (χ1v) is 14.1. The summed E-state index contributed by atoms with van der Waals surface area (Å²) in [5.74, 6) is -0.313. The van der Waals surface area contributed by atoms with Gasteiger partial charge in [0, 0.05) is 19.3 Å². The molecule has 0 fully saturated rings. The second kappa shape index (κ2) is 18.4. The second-order valence-electron chi connectivity index (χ2n) is 7.88. The number of rotatable bonds is 20. The summed E-state index contributed by atoms with van der Waals surface area (Å²) in [6.45, 7) is 13.2. The zero-order chi connectivity index (χ0) is 21.1. The Kier molecular flexibility index (Phi) is 18.0. The summed E-state index contributed by atoms with van der Waals surface area (Å²) in [6, 6.07) is 1.13. The van der Waals surface area contributed by atoms with Crippen LogP contribution in [-0.2, 0) is 18.4 Å². The van der Waals surface area contributed by atoms with Gasteiger partial charge >= 0.3 is 14.5 Å². The average molecular weight is 415 g/mol. The van der Waals surface area contributed by atoms with Crippen LogP contribution in [0.5, 0.6) is 0 Å². The van der Waals surface area contributed by atoms with Crippen molar-refractivity contribution in [2.45, 2.75) is 117 Å². The van der Waals surface area contributed by atoms with Gasteiger partial charge < -0.3 is 13.6 Å². The molecule has 0 aliphatic heterocycles. The third-order valence-corrected chi connectivity index (χ3v) is 8.19. The molecule has 0 bridgehead atoms. The fourth-order valence-corrected chi connectivity index (χ4v) is 6.06. The monoisotopic (exact) mass is 414 g/mol. The maximum Gasteiger partial charge on any atom is 0.334 e. The predicted molar refractivity (Wildman–Crippen MR) is 121 cm³/mol. The number of carbonyl (C=O) groups excluding carboxylic acids is 1. The Balaban J connectivity index is 3.40. The van der Waals surface area contributed by atoms with E-state index in [0.29, 0.717) is 0 Å². The number of hydrogen-bond donors (Lipinski definition) is 0. The van der Waals surface area contributed by atoms with Crippen LogP contribution in [0.3, 0.4) is 0 Å². The van der Waals surface area contributed by atoms with E-state index in [-0.39, 0.29) is 12.1 Å². The highest BCUT2D eigenvalue weighted by molar-refractivity contribution is 6.66. The van der Waals surface area contributed by atoms with Crippen LogP contribution >= 0.6 is 0 Å². The molecule has 1 atom stereocenters. The zero-order valence-corrected chi connectivity index (χ0v) is 20.1. The van der Waals surface area contributed by atoms with Crippen LogP contribution in [-0.4, -0.2) is 33.8 Å². The Morgan fingerprint density at radius 3 is 1.71 bits per heavy atom. The molecule has 0 aromatic carbocycles. The van der Waals surface area contributed by atoms with Gasteiger partial charge in [-0.2, -0.15) is 0 Å². The lowest BCUT2D eigenvalue weighted by molar-refractivity contribution is -0.142. The van der Waals surface area contributed by atoms with Gasteiger partial charge in [0.15, 0.2) is 0 Å². The smallest absolute Gasteiger partial charge is 0.334 e. The third-order valence-electron chi connectivity index (χ3n) is 5.12. The second-order valence-corrected chi connectivity index (χ2v) is 11.2. The summed E-state index contributed by atoms with van der Waals surface area (Å²) >= 11 is 0. The normalized spacial score (nSPS) is 12.7. The van der Waals surface area contributed by atoms with Gasteiger partial charge in [0.1, 0.15) is 0 Å². The molecule has 0 heterocycles. The van der Waals surface area contributed by atoms with Crippen LogP contribution in [0.15, 0.2) is 12.7 Å². The van der Waals surface area contributed by atoms with E-state index in [4.69, 9.17) is 13.6 Å². The molecule has 166 valence electrons. The van der Waals surface area contributed by atoms with Gasteiger partial charge in [-0.05, 0) is 46.2 Å². The van der Waals surface area contributed by atoms with E-state index in [0.717, 1.165) is 32.1 Å². The topological polar surface area (TPSA) is 44.8 Å². The number of carbonyl (C=O) groups is 1. The molecule has 0 rings (SSSR count). The summed E-state index contributed by atoms with van der Waals surface area (Å²) in [5, 5.41) is 0. The third kappa shape index (κ3) is 16.3. The molecule has 0 aliphatic rings. The molecule has 0 radical (unpaired) electrons. The van der Waals surface area contributed by atoms with E-state index >= 15 is 0 Å². The maximum atomic E-state index is 11.1. The van der Waals surface area contributed by atoms with Crippen molar-refractivity contribution in [3.8, 4) is 0 Å². The minimum Gasteiger partial charge on any atom is -0.460 e. The first-order valence-electron chi connectivity index (χ1n) is 11.6. The number of unbranched alkanes of at least 4 members (excludes halogenated alkanes) is 10. The number of ether oxygens (including phenoxy) is 1. The highest BCUT2D eigenvalue weighted by atomic mass is 28.4. The van der Waals surface area contributed by atoms with Crippen LogP contribution in [0.4, 0.5) is 0 Å². The van der Waals surface area contributed by atoms with Gasteiger partial charge in [-0.25, -0.2) is 4.79 Å². The Morgan fingerprint density at radius 2 is 1.29 bits per heavy atom. The highest BCUT2D eigenvalue weighted by Gasteiger charge is 2.29. The molecule has 0 aromatic heterocycles. The SMILES string of the molecule is C=CC(=O)OC(C)CCCCCCCCCCCCC[Si](C)(OCC)OCC. The number of hydrogen-bond acceptors (Lipinski definition) is 4. The van der Waals surface area contributed by atoms with E-state index in [2.05, 4.69) is 27.0 Å². The molecule has 0 aliphatic carbocycles. The molecule has 0 N–H and O–H groups in total. The van der Waals surface area contributed by atoms with Gasteiger partial charge in [-0.1, -0.05) is 70.8 Å². The molecule has 0 spiro atoms. The van der Waals surface area contributed by atoms with Gasteiger partial charge in [0.25, 0.3) is 0 Å². The van der Waals surface area contributed by atoms with Gasteiger partial charge in [-0.3, -0.25) is 0 Å². The Morgan fingerprint density at radius 1 is 0.857 bits per heavy atom. The molecular weight excluding hydrogens is 368 g/mol. The molecular formula is C23H46O4Si. The van der Waals surface area contributed by atoms with Crippen molar-refractivity contribution in [1.29, 1.82) is 0 Å². The van der Waals surface area contributed by atoms with Crippen molar-refractivity contribution < 1.29 is 18.4 Å². The first kappa shape index (κ1) is 27.3. The maximum absolute atomic E-state index is 11.1. The van der Waals surface area contributed by atoms with Crippen molar-refractivity contribution in [2.75, 3.05) is 13.2 Å². The summed E-state index contributed by atoms with van der Waals surface area (Å²) in [4.78, 5) is 11.1. The average Bonchev–Trinajstić information content (AvgIpc) is 2.65. The van der Waals surface area contributed by atoms with Gasteiger partial charge in [-0.15, -0.1) is 0 Å². The Labute approximate surface area is 175 Å². The van der Waals surface area contributed by atoms with Crippen LogP contribution in [0, 0.1) is 0 Å². The van der Waals surface area contributed by atoms with Crippen molar-refractivity contribution in [1.82, 2.24) is 0 Å². The van der Waals surface area contributed by atoms with Crippen molar-refractivity contribution in [3.05, 3.63) is 12.7 Å². The lowest BCUT2D eigenvalue weighted by Crippen LogP contribution is -2.38. The summed E-state index contributed by atoms with van der Waals surface area (Å²) in [5.41, 5.74) is 0. The minimum absolute atomic E-state index is 0.00750. The van der Waals surface area contributed by atoms with E-state index in [9.17, 15) is 4.79 Å². The molecule has 0 aromatic rings. The summed E-state index contributed by atoms with van der Waals surface area (Å²) in [6.07, 6.45) is 16.5. The quantitative estimate of drug-likeness (QED) is 0.0937. The fourth-order valence-electron chi connectivity index (χ4n) is 3.57. The summed E-state index contributed by atoms with van der Waals surface area (Å²) < 4.78 is 17.0. The molecule has 4 nitrogen and oxygen atoms in total.